The van der Waals surface area contributed by atoms with Gasteiger partial charge in [-0.2, -0.15) is 0 Å². The summed E-state index contributed by atoms with van der Waals surface area (Å²) in [7, 11) is 0. The normalized spacial score (nSPS) is 13.8. The first-order valence-electron chi connectivity index (χ1n) is 11.1. The number of nitrogens with one attached hydrogen (secondary N) is 1. The van der Waals surface area contributed by atoms with Crippen LogP contribution < -0.4 is 5.32 Å². The van der Waals surface area contributed by atoms with Crippen LogP contribution in [0.25, 0.3) is 0 Å². The molecule has 8 nitrogen and oxygen atoms in total. The van der Waals surface area contributed by atoms with Gasteiger partial charge in [0.1, 0.15) is 23.6 Å². The Kier molecular flexibility index (Phi) is 8.41. The van der Waals surface area contributed by atoms with E-state index >= 15 is 0 Å². The number of nitrogens with zero attached hydrogens (tertiary/aromatic N) is 3. The first-order valence-corrected chi connectivity index (χ1v) is 11.1. The predicted octanol–water partition coefficient (Wildman–Crippen LogP) is 4.77. The Balaban J connectivity index is 2.38. The van der Waals surface area contributed by atoms with E-state index in [4.69, 9.17) is 9.47 Å². The van der Waals surface area contributed by atoms with E-state index in [9.17, 15) is 9.59 Å². The molecule has 1 heterocycles. The Morgan fingerprint density at radius 2 is 1.66 bits per heavy atom. The molecule has 0 saturated carbocycles. The molecular weight excluding hydrogens is 408 g/mol. The number of carbonyl (C=O) groups is 2. The molecule has 1 aromatic heterocycles. The smallest absolute Gasteiger partial charge is 0.408 e. The van der Waals surface area contributed by atoms with E-state index in [1.54, 1.807) is 4.57 Å². The van der Waals surface area contributed by atoms with E-state index in [-0.39, 0.29) is 5.97 Å². The first-order chi connectivity index (χ1) is 14.9. The van der Waals surface area contributed by atoms with Crippen LogP contribution in [-0.2, 0) is 20.7 Å². The van der Waals surface area contributed by atoms with E-state index in [0.29, 0.717) is 18.7 Å². The van der Waals surface area contributed by atoms with Crippen LogP contribution in [-0.4, -0.2) is 38.0 Å². The molecule has 0 aliphatic carbocycles. The van der Waals surface area contributed by atoms with Crippen LogP contribution in [0.2, 0.25) is 0 Å². The fourth-order valence-corrected chi connectivity index (χ4v) is 3.25. The molecule has 2 unspecified atom stereocenters. The summed E-state index contributed by atoms with van der Waals surface area (Å²) in [4.78, 5) is 25.6. The number of esters is 1. The lowest BCUT2D eigenvalue weighted by Crippen LogP contribution is -2.37. The molecule has 8 heteroatoms. The van der Waals surface area contributed by atoms with Crippen LogP contribution >= 0.6 is 0 Å². The van der Waals surface area contributed by atoms with Gasteiger partial charge in [0.25, 0.3) is 0 Å². The molecule has 2 rings (SSSR count). The molecule has 1 aromatic carbocycles. The summed E-state index contributed by atoms with van der Waals surface area (Å²) in [5.41, 5.74) is -0.284. The van der Waals surface area contributed by atoms with Gasteiger partial charge >= 0.3 is 12.1 Å². The van der Waals surface area contributed by atoms with Crippen molar-refractivity contribution in [2.45, 2.75) is 91.0 Å². The molecule has 32 heavy (non-hydrogen) atoms. The monoisotopic (exact) mass is 444 g/mol. The van der Waals surface area contributed by atoms with Crippen LogP contribution in [0.4, 0.5) is 4.79 Å². The second kappa shape index (κ2) is 10.6. The second-order valence-electron chi connectivity index (χ2n) is 9.82. The highest BCUT2D eigenvalue weighted by Crippen LogP contribution is 2.25. The van der Waals surface area contributed by atoms with Gasteiger partial charge < -0.3 is 19.4 Å². The van der Waals surface area contributed by atoms with E-state index in [1.807, 2.05) is 78.8 Å². The van der Waals surface area contributed by atoms with Crippen molar-refractivity contribution in [3.8, 4) is 0 Å². The lowest BCUT2D eigenvalue weighted by molar-refractivity contribution is -0.159. The molecule has 2 aromatic rings. The summed E-state index contributed by atoms with van der Waals surface area (Å²) in [6, 6.07) is 8.57. The van der Waals surface area contributed by atoms with E-state index in [0.717, 1.165) is 12.0 Å². The third-order valence-corrected chi connectivity index (χ3v) is 4.47. The minimum atomic E-state index is -0.679. The van der Waals surface area contributed by atoms with Crippen molar-refractivity contribution in [2.24, 2.45) is 0 Å². The Morgan fingerprint density at radius 3 is 2.22 bits per heavy atom. The van der Waals surface area contributed by atoms with Crippen LogP contribution in [0.5, 0.6) is 0 Å². The van der Waals surface area contributed by atoms with Crippen molar-refractivity contribution in [3.63, 3.8) is 0 Å². The largest absolute Gasteiger partial charge is 0.458 e. The van der Waals surface area contributed by atoms with E-state index < -0.39 is 29.4 Å². The van der Waals surface area contributed by atoms with Crippen LogP contribution in [0, 0.1) is 0 Å². The molecule has 0 aliphatic heterocycles. The maximum Gasteiger partial charge on any atom is 0.408 e. The number of carbonyl (C=O) groups excluding carboxylic acids is 2. The molecule has 2 atom stereocenters. The lowest BCUT2D eigenvalue weighted by atomic mass is 10.0. The highest BCUT2D eigenvalue weighted by atomic mass is 16.6. The molecule has 176 valence electrons. The molecule has 0 spiro atoms. The molecule has 0 bridgehead atoms. The zero-order valence-electron chi connectivity index (χ0n) is 20.2. The van der Waals surface area contributed by atoms with Crippen molar-refractivity contribution in [1.29, 1.82) is 0 Å². The molecule has 0 fully saturated rings. The molecule has 1 amide bonds. The van der Waals surface area contributed by atoms with Gasteiger partial charge in [-0.3, -0.25) is 0 Å². The predicted molar refractivity (Wildman–Crippen MR) is 122 cm³/mol. The summed E-state index contributed by atoms with van der Waals surface area (Å²) < 4.78 is 12.8. The summed E-state index contributed by atoms with van der Waals surface area (Å²) in [6.45, 7) is 12.9. The SMILES string of the molecule is CCCC(NC(=O)OC(C)(C)C)c1nncn1C(Cc1ccccc1)C(=O)OC(C)(C)C. The van der Waals surface area contributed by atoms with Crippen molar-refractivity contribution >= 4 is 12.1 Å². The number of hydrogen-bond donors (Lipinski definition) is 1. The third-order valence-electron chi connectivity index (χ3n) is 4.47. The fourth-order valence-electron chi connectivity index (χ4n) is 3.25. The van der Waals surface area contributed by atoms with Gasteiger partial charge in [0.2, 0.25) is 0 Å². The standard InChI is InChI=1S/C24H36N4O4/c1-8-12-18(26-22(30)32-24(5,6)7)20-27-25-16-28(20)19(21(29)31-23(2,3)4)15-17-13-10-9-11-14-17/h9-11,13-14,16,18-19H,8,12,15H2,1-7H3,(H,26,30). The Labute approximate surface area is 190 Å². The zero-order valence-corrected chi connectivity index (χ0v) is 20.2. The van der Waals surface area contributed by atoms with Crippen LogP contribution in [0.1, 0.15) is 84.8 Å². The average molecular weight is 445 g/mol. The average Bonchev–Trinajstić information content (AvgIpc) is 3.13. The third kappa shape index (κ3) is 7.98. The summed E-state index contributed by atoms with van der Waals surface area (Å²) in [5, 5.41) is 11.2. The van der Waals surface area contributed by atoms with Crippen molar-refractivity contribution in [3.05, 3.63) is 48.0 Å². The highest BCUT2D eigenvalue weighted by molar-refractivity contribution is 5.75. The number of ether oxygens (including phenoxy) is 2. The van der Waals surface area contributed by atoms with Crippen molar-refractivity contribution < 1.29 is 19.1 Å². The molecule has 0 radical (unpaired) electrons. The minimum absolute atomic E-state index is 0.380. The highest BCUT2D eigenvalue weighted by Gasteiger charge is 2.32. The Morgan fingerprint density at radius 1 is 1.03 bits per heavy atom. The number of hydrogen-bond acceptors (Lipinski definition) is 6. The number of rotatable bonds is 8. The quantitative estimate of drug-likeness (QED) is 0.589. The number of benzene rings is 1. The number of alkyl carbamates (subject to hydrolysis) is 1. The first kappa shape index (κ1) is 25.4. The maximum atomic E-state index is 13.2. The van der Waals surface area contributed by atoms with Crippen LogP contribution in [0.3, 0.4) is 0 Å². The topological polar surface area (TPSA) is 95.3 Å². The van der Waals surface area contributed by atoms with E-state index in [1.165, 1.54) is 6.33 Å². The molecule has 0 saturated heterocycles. The van der Waals surface area contributed by atoms with Gasteiger partial charge in [-0.15, -0.1) is 10.2 Å². The van der Waals surface area contributed by atoms with Gasteiger partial charge in [0.15, 0.2) is 5.82 Å². The van der Waals surface area contributed by atoms with Crippen molar-refractivity contribution in [1.82, 2.24) is 20.1 Å². The van der Waals surface area contributed by atoms with Crippen molar-refractivity contribution in [2.75, 3.05) is 0 Å². The number of amides is 1. The Hall–Kier alpha value is -2.90. The van der Waals surface area contributed by atoms with Gasteiger partial charge in [-0.05, 0) is 53.5 Å². The Bertz CT molecular complexity index is 881. The fraction of sp³-hybridized carbons (Fsp3) is 0.583. The number of aromatic nitrogens is 3. The van der Waals surface area contributed by atoms with Crippen LogP contribution in [0.15, 0.2) is 36.7 Å². The summed E-state index contributed by atoms with van der Waals surface area (Å²) in [6.07, 6.45) is 2.80. The van der Waals surface area contributed by atoms with Gasteiger partial charge in [-0.25, -0.2) is 9.59 Å². The zero-order chi connectivity index (χ0) is 23.9. The molecule has 1 N–H and O–H groups in total. The van der Waals surface area contributed by atoms with Gasteiger partial charge in [-0.1, -0.05) is 43.7 Å². The van der Waals surface area contributed by atoms with E-state index in [2.05, 4.69) is 15.5 Å². The summed E-state index contributed by atoms with van der Waals surface area (Å²) in [5.74, 6) is 0.111. The molecular formula is C24H36N4O4. The second-order valence-corrected chi connectivity index (χ2v) is 9.82. The van der Waals surface area contributed by atoms with Gasteiger partial charge in [0, 0.05) is 6.42 Å². The minimum Gasteiger partial charge on any atom is -0.458 e. The van der Waals surface area contributed by atoms with Gasteiger partial charge in [0.05, 0.1) is 6.04 Å². The summed E-state index contributed by atoms with van der Waals surface area (Å²) >= 11 is 0. The maximum absolute atomic E-state index is 13.2. The lowest BCUT2D eigenvalue weighted by Gasteiger charge is -2.27. The molecule has 0 aliphatic rings.